The summed E-state index contributed by atoms with van der Waals surface area (Å²) >= 11 is 0. The third-order valence-corrected chi connectivity index (χ3v) is 1.70. The van der Waals surface area contributed by atoms with Crippen molar-refractivity contribution in [3.8, 4) is 0 Å². The van der Waals surface area contributed by atoms with Crippen molar-refractivity contribution in [2.75, 3.05) is 0 Å². The first kappa shape index (κ1) is 9.43. The molecule has 10 heavy (non-hydrogen) atoms. The van der Waals surface area contributed by atoms with Crippen LogP contribution < -0.4 is 5.73 Å². The van der Waals surface area contributed by atoms with Crippen LogP contribution in [0.25, 0.3) is 0 Å². The van der Waals surface area contributed by atoms with Crippen molar-refractivity contribution in [1.82, 2.24) is 0 Å². The molecule has 0 aromatic heterocycles. The molecule has 0 amide bonds. The Morgan fingerprint density at radius 1 is 1.70 bits per heavy atom. The topological polar surface area (TPSA) is 63.3 Å². The average Bonchev–Trinajstić information content (AvgIpc) is 1.81. The number of nitrogens with two attached hydrogens (primary N) is 1. The Hall–Kier alpha value is -0.570. The van der Waals surface area contributed by atoms with E-state index in [1.165, 1.54) is 0 Å². The molecule has 60 valence electrons. The molecule has 3 heteroatoms. The molecule has 0 rings (SSSR count). The molecule has 3 nitrogen and oxygen atoms in total. The molecule has 0 aliphatic rings. The van der Waals surface area contributed by atoms with Gasteiger partial charge in [0, 0.05) is 12.5 Å². The lowest BCUT2D eigenvalue weighted by Gasteiger charge is -2.15. The fraction of sp³-hybridized carbons (Fsp3) is 0.857. The average molecular weight is 145 g/mol. The molecule has 0 fully saturated rings. The molecular formula is C7H15NO2. The van der Waals surface area contributed by atoms with Crippen molar-refractivity contribution in [2.45, 2.75) is 32.7 Å². The van der Waals surface area contributed by atoms with E-state index < -0.39 is 5.97 Å². The Balaban J connectivity index is 3.71. The van der Waals surface area contributed by atoms with Gasteiger partial charge >= 0.3 is 5.97 Å². The highest BCUT2D eigenvalue weighted by molar-refractivity contribution is 5.67. The van der Waals surface area contributed by atoms with E-state index in [9.17, 15) is 4.79 Å². The highest BCUT2D eigenvalue weighted by Crippen LogP contribution is 2.10. The summed E-state index contributed by atoms with van der Waals surface area (Å²) in [6, 6.07) is -0.0129. The van der Waals surface area contributed by atoms with Gasteiger partial charge in [-0.25, -0.2) is 0 Å². The van der Waals surface area contributed by atoms with Crippen molar-refractivity contribution in [3.63, 3.8) is 0 Å². The number of carboxylic acid groups (broad SMARTS) is 1. The lowest BCUT2D eigenvalue weighted by molar-refractivity contribution is -0.138. The Morgan fingerprint density at radius 2 is 2.20 bits per heavy atom. The van der Waals surface area contributed by atoms with Gasteiger partial charge in [-0.2, -0.15) is 0 Å². The monoisotopic (exact) mass is 145 g/mol. The number of rotatable bonds is 4. The zero-order valence-corrected chi connectivity index (χ0v) is 6.50. The maximum absolute atomic E-state index is 10.2. The Bertz CT molecular complexity index is 112. The fourth-order valence-electron chi connectivity index (χ4n) is 0.926. The number of hydrogen-bond acceptors (Lipinski definition) is 2. The predicted octanol–water partition coefficient (Wildman–Crippen LogP) is 0.835. The van der Waals surface area contributed by atoms with Crippen LogP contribution in [-0.2, 0) is 4.79 Å². The molecule has 0 aromatic carbocycles. The van der Waals surface area contributed by atoms with Crippen molar-refractivity contribution < 1.29 is 9.90 Å². The standard InChI is InChI=1S/C7H15NO2/c1-3-6(5(2)8)4-7(9)10/h5-6H,3-4,8H2,1-2H3,(H,9,10)/t5-,6-/m0/s1. The van der Waals surface area contributed by atoms with Crippen molar-refractivity contribution in [3.05, 3.63) is 0 Å². The van der Waals surface area contributed by atoms with Gasteiger partial charge in [-0.15, -0.1) is 0 Å². The molecule has 2 atom stereocenters. The van der Waals surface area contributed by atoms with Gasteiger partial charge in [0.05, 0.1) is 0 Å². The van der Waals surface area contributed by atoms with Crippen LogP contribution in [-0.4, -0.2) is 17.1 Å². The quantitative estimate of drug-likeness (QED) is 0.616. The van der Waals surface area contributed by atoms with E-state index >= 15 is 0 Å². The van der Waals surface area contributed by atoms with Crippen LogP contribution in [0.4, 0.5) is 0 Å². The molecule has 0 aromatic rings. The van der Waals surface area contributed by atoms with Crippen LogP contribution >= 0.6 is 0 Å². The minimum absolute atomic E-state index is 0.0129. The summed E-state index contributed by atoms with van der Waals surface area (Å²) < 4.78 is 0. The van der Waals surface area contributed by atoms with Crippen molar-refractivity contribution in [2.24, 2.45) is 11.7 Å². The molecule has 0 heterocycles. The van der Waals surface area contributed by atoms with Crippen LogP contribution in [0.1, 0.15) is 26.7 Å². The van der Waals surface area contributed by atoms with Crippen molar-refractivity contribution >= 4 is 5.97 Å². The number of aliphatic carboxylic acids is 1. The van der Waals surface area contributed by atoms with Gasteiger partial charge in [0.1, 0.15) is 0 Å². The Kier molecular flexibility index (Phi) is 4.03. The zero-order chi connectivity index (χ0) is 8.15. The van der Waals surface area contributed by atoms with Gasteiger partial charge in [0.25, 0.3) is 0 Å². The van der Waals surface area contributed by atoms with E-state index in [0.717, 1.165) is 6.42 Å². The Morgan fingerprint density at radius 3 is 2.30 bits per heavy atom. The molecule has 0 aliphatic carbocycles. The molecule has 0 aliphatic heterocycles. The first-order chi connectivity index (χ1) is 4.57. The first-order valence-corrected chi connectivity index (χ1v) is 3.55. The van der Waals surface area contributed by atoms with Gasteiger partial charge in [0.2, 0.25) is 0 Å². The molecule has 0 spiro atoms. The second-order valence-corrected chi connectivity index (χ2v) is 2.63. The van der Waals surface area contributed by atoms with Gasteiger partial charge in [-0.3, -0.25) is 4.79 Å². The normalized spacial score (nSPS) is 16.3. The number of carbonyl (C=O) groups is 1. The highest BCUT2D eigenvalue weighted by Gasteiger charge is 2.14. The Labute approximate surface area is 61.2 Å². The van der Waals surface area contributed by atoms with Gasteiger partial charge < -0.3 is 10.8 Å². The van der Waals surface area contributed by atoms with Crippen LogP contribution in [0.2, 0.25) is 0 Å². The van der Waals surface area contributed by atoms with Gasteiger partial charge in [0.15, 0.2) is 0 Å². The summed E-state index contributed by atoms with van der Waals surface area (Å²) in [5, 5.41) is 8.41. The van der Waals surface area contributed by atoms with Crippen LogP contribution in [0.5, 0.6) is 0 Å². The second kappa shape index (κ2) is 4.28. The summed E-state index contributed by atoms with van der Waals surface area (Å²) in [5.41, 5.74) is 5.53. The largest absolute Gasteiger partial charge is 0.481 e. The lowest BCUT2D eigenvalue weighted by Crippen LogP contribution is -2.27. The fourth-order valence-corrected chi connectivity index (χ4v) is 0.926. The third-order valence-electron chi connectivity index (χ3n) is 1.70. The molecule has 0 bridgehead atoms. The van der Waals surface area contributed by atoms with E-state index in [4.69, 9.17) is 10.8 Å². The molecule has 0 saturated carbocycles. The molecular weight excluding hydrogens is 130 g/mol. The number of hydrogen-bond donors (Lipinski definition) is 2. The highest BCUT2D eigenvalue weighted by atomic mass is 16.4. The van der Waals surface area contributed by atoms with E-state index in [2.05, 4.69) is 0 Å². The second-order valence-electron chi connectivity index (χ2n) is 2.63. The minimum Gasteiger partial charge on any atom is -0.481 e. The summed E-state index contributed by atoms with van der Waals surface area (Å²) in [7, 11) is 0. The lowest BCUT2D eigenvalue weighted by atomic mass is 9.96. The summed E-state index contributed by atoms with van der Waals surface area (Å²) in [6.45, 7) is 3.80. The van der Waals surface area contributed by atoms with Crippen LogP contribution in [0.3, 0.4) is 0 Å². The summed E-state index contributed by atoms with van der Waals surface area (Å²) in [6.07, 6.45) is 1.03. The van der Waals surface area contributed by atoms with Crippen LogP contribution in [0, 0.1) is 5.92 Å². The summed E-state index contributed by atoms with van der Waals surface area (Å²) in [4.78, 5) is 10.2. The predicted molar refractivity (Wildman–Crippen MR) is 39.7 cm³/mol. The van der Waals surface area contributed by atoms with E-state index in [0.29, 0.717) is 0 Å². The van der Waals surface area contributed by atoms with Gasteiger partial charge in [-0.1, -0.05) is 13.3 Å². The third kappa shape index (κ3) is 3.45. The summed E-state index contributed by atoms with van der Waals surface area (Å²) in [5.74, 6) is -0.637. The molecule has 0 radical (unpaired) electrons. The van der Waals surface area contributed by atoms with Crippen LogP contribution in [0.15, 0.2) is 0 Å². The molecule has 3 N–H and O–H groups in total. The van der Waals surface area contributed by atoms with E-state index in [1.807, 2.05) is 13.8 Å². The van der Waals surface area contributed by atoms with E-state index in [1.54, 1.807) is 0 Å². The van der Waals surface area contributed by atoms with Gasteiger partial charge in [-0.05, 0) is 12.8 Å². The van der Waals surface area contributed by atoms with E-state index in [-0.39, 0.29) is 18.4 Å². The molecule has 0 unspecified atom stereocenters. The smallest absolute Gasteiger partial charge is 0.303 e. The number of carboxylic acids is 1. The maximum Gasteiger partial charge on any atom is 0.303 e. The van der Waals surface area contributed by atoms with Crippen molar-refractivity contribution in [1.29, 1.82) is 0 Å². The molecule has 0 saturated heterocycles. The zero-order valence-electron chi connectivity index (χ0n) is 6.50. The minimum atomic E-state index is -0.760. The first-order valence-electron chi connectivity index (χ1n) is 3.55. The SMILES string of the molecule is CC[C@@H](CC(=O)O)[C@H](C)N. The maximum atomic E-state index is 10.2.